The fourth-order valence-corrected chi connectivity index (χ4v) is 2.47. The molecule has 0 unspecified atom stereocenters. The molecule has 0 aliphatic heterocycles. The Balaban J connectivity index is 2.25. The monoisotopic (exact) mass is 219 g/mol. The molecule has 3 nitrogen and oxygen atoms in total. The minimum Gasteiger partial charge on any atom is -0.453 e. The Morgan fingerprint density at radius 2 is 1.88 bits per heavy atom. The number of amides is 1. The summed E-state index contributed by atoms with van der Waals surface area (Å²) in [6.07, 6.45) is 3.95. The Morgan fingerprint density at radius 3 is 2.44 bits per heavy atom. The van der Waals surface area contributed by atoms with Crippen molar-refractivity contribution in [2.75, 3.05) is 7.11 Å². The number of hydrogen-bond acceptors (Lipinski definition) is 2. The van der Waals surface area contributed by atoms with Crippen molar-refractivity contribution in [1.29, 1.82) is 0 Å². The molecule has 1 aliphatic carbocycles. The molecule has 1 aromatic rings. The first-order valence-corrected chi connectivity index (χ1v) is 5.68. The van der Waals surface area contributed by atoms with Crippen LogP contribution in [0.4, 0.5) is 4.79 Å². The molecule has 0 atom stereocenters. The van der Waals surface area contributed by atoms with E-state index in [0.717, 1.165) is 25.7 Å². The topological polar surface area (TPSA) is 38.3 Å². The van der Waals surface area contributed by atoms with Crippen LogP contribution in [0.1, 0.15) is 31.2 Å². The maximum atomic E-state index is 11.4. The molecule has 2 rings (SSSR count). The third-order valence-electron chi connectivity index (χ3n) is 3.31. The third-order valence-corrected chi connectivity index (χ3v) is 3.31. The lowest BCUT2D eigenvalue weighted by Crippen LogP contribution is -2.43. The second-order valence-corrected chi connectivity index (χ2v) is 4.27. The summed E-state index contributed by atoms with van der Waals surface area (Å²) in [6.45, 7) is 0. The summed E-state index contributed by atoms with van der Waals surface area (Å²) in [5.41, 5.74) is 0.965. The summed E-state index contributed by atoms with van der Waals surface area (Å²) in [5.74, 6) is 0. The van der Waals surface area contributed by atoms with E-state index < -0.39 is 0 Å². The first kappa shape index (κ1) is 11.0. The van der Waals surface area contributed by atoms with E-state index in [4.69, 9.17) is 4.74 Å². The Bertz CT molecular complexity index is 355. The van der Waals surface area contributed by atoms with Gasteiger partial charge in [0.05, 0.1) is 12.6 Å². The van der Waals surface area contributed by atoms with Crippen LogP contribution in [0.15, 0.2) is 30.3 Å². The summed E-state index contributed by atoms with van der Waals surface area (Å²) in [4.78, 5) is 11.4. The van der Waals surface area contributed by atoms with Gasteiger partial charge in [-0.1, -0.05) is 43.2 Å². The number of carbonyl (C=O) groups is 1. The highest BCUT2D eigenvalue weighted by Gasteiger charge is 2.37. The molecule has 16 heavy (non-hydrogen) atoms. The van der Waals surface area contributed by atoms with Gasteiger partial charge in [0.1, 0.15) is 0 Å². The predicted molar refractivity (Wildman–Crippen MR) is 62.1 cm³/mol. The molecule has 86 valence electrons. The van der Waals surface area contributed by atoms with E-state index >= 15 is 0 Å². The molecule has 1 saturated carbocycles. The molecule has 3 heteroatoms. The molecule has 0 heterocycles. The van der Waals surface area contributed by atoms with Crippen LogP contribution in [0.25, 0.3) is 0 Å². The summed E-state index contributed by atoms with van der Waals surface area (Å²) in [6, 6.07) is 10.1. The Hall–Kier alpha value is -1.51. The SMILES string of the molecule is COC(=O)NC1(c2ccccc2)CCCC1. The molecule has 1 aromatic carbocycles. The number of nitrogens with one attached hydrogen (secondary N) is 1. The van der Waals surface area contributed by atoms with Crippen LogP contribution in [0.3, 0.4) is 0 Å². The van der Waals surface area contributed by atoms with E-state index in [9.17, 15) is 4.79 Å². The van der Waals surface area contributed by atoms with Crippen molar-refractivity contribution in [2.45, 2.75) is 31.2 Å². The van der Waals surface area contributed by atoms with E-state index in [1.165, 1.54) is 12.7 Å². The van der Waals surface area contributed by atoms with Crippen LogP contribution in [-0.4, -0.2) is 13.2 Å². The van der Waals surface area contributed by atoms with Crippen LogP contribution in [0.5, 0.6) is 0 Å². The molecule has 0 bridgehead atoms. The lowest BCUT2D eigenvalue weighted by molar-refractivity contribution is 0.155. The van der Waals surface area contributed by atoms with Crippen molar-refractivity contribution in [3.63, 3.8) is 0 Å². The van der Waals surface area contributed by atoms with Gasteiger partial charge in [-0.3, -0.25) is 0 Å². The van der Waals surface area contributed by atoms with E-state index in [2.05, 4.69) is 17.4 Å². The summed E-state index contributed by atoms with van der Waals surface area (Å²) < 4.78 is 4.71. The molecule has 0 spiro atoms. The van der Waals surface area contributed by atoms with Gasteiger partial charge in [-0.05, 0) is 18.4 Å². The Morgan fingerprint density at radius 1 is 1.25 bits per heavy atom. The molecule has 1 aliphatic rings. The highest BCUT2D eigenvalue weighted by atomic mass is 16.5. The average molecular weight is 219 g/mol. The second kappa shape index (κ2) is 4.56. The standard InChI is InChI=1S/C13H17NO2/c1-16-12(15)14-13(9-5-6-10-13)11-7-3-2-4-8-11/h2-4,7-8H,5-6,9-10H2,1H3,(H,14,15). The molecule has 1 N–H and O–H groups in total. The Labute approximate surface area is 95.8 Å². The number of alkyl carbamates (subject to hydrolysis) is 1. The van der Waals surface area contributed by atoms with Crippen molar-refractivity contribution in [3.8, 4) is 0 Å². The normalized spacial score (nSPS) is 18.1. The van der Waals surface area contributed by atoms with E-state index in [1.807, 2.05) is 18.2 Å². The summed E-state index contributed by atoms with van der Waals surface area (Å²) in [5, 5.41) is 3.00. The number of rotatable bonds is 2. The quantitative estimate of drug-likeness (QED) is 0.830. The van der Waals surface area contributed by atoms with Crippen LogP contribution in [0, 0.1) is 0 Å². The number of benzene rings is 1. The van der Waals surface area contributed by atoms with Crippen molar-refractivity contribution >= 4 is 6.09 Å². The van der Waals surface area contributed by atoms with Crippen molar-refractivity contribution in [1.82, 2.24) is 5.32 Å². The summed E-state index contributed by atoms with van der Waals surface area (Å²) >= 11 is 0. The van der Waals surface area contributed by atoms with Crippen LogP contribution >= 0.6 is 0 Å². The molecule has 1 fully saturated rings. The minimum absolute atomic E-state index is 0.214. The first-order valence-electron chi connectivity index (χ1n) is 5.68. The first-order chi connectivity index (χ1) is 7.77. The van der Waals surface area contributed by atoms with Gasteiger partial charge in [0.15, 0.2) is 0 Å². The van der Waals surface area contributed by atoms with Gasteiger partial charge in [-0.15, -0.1) is 0 Å². The number of carbonyl (C=O) groups excluding carboxylic acids is 1. The maximum Gasteiger partial charge on any atom is 0.407 e. The zero-order valence-electron chi connectivity index (χ0n) is 9.53. The van der Waals surface area contributed by atoms with Gasteiger partial charge in [0, 0.05) is 0 Å². The molecule has 1 amide bonds. The van der Waals surface area contributed by atoms with Crippen LogP contribution in [0.2, 0.25) is 0 Å². The van der Waals surface area contributed by atoms with Crippen molar-refractivity contribution in [2.24, 2.45) is 0 Å². The van der Waals surface area contributed by atoms with E-state index in [-0.39, 0.29) is 11.6 Å². The molecule has 0 saturated heterocycles. The van der Waals surface area contributed by atoms with E-state index in [1.54, 1.807) is 0 Å². The lowest BCUT2D eigenvalue weighted by atomic mass is 9.88. The second-order valence-electron chi connectivity index (χ2n) is 4.27. The van der Waals surface area contributed by atoms with Crippen LogP contribution in [-0.2, 0) is 10.3 Å². The van der Waals surface area contributed by atoms with E-state index in [0.29, 0.717) is 0 Å². The predicted octanol–water partition coefficient (Wildman–Crippen LogP) is 2.81. The third kappa shape index (κ3) is 2.03. The Kier molecular flexibility index (Phi) is 3.13. The fraction of sp³-hybridized carbons (Fsp3) is 0.462. The van der Waals surface area contributed by atoms with Gasteiger partial charge in [0.2, 0.25) is 0 Å². The minimum atomic E-state index is -0.342. The smallest absolute Gasteiger partial charge is 0.407 e. The lowest BCUT2D eigenvalue weighted by Gasteiger charge is -2.30. The molecular formula is C13H17NO2. The largest absolute Gasteiger partial charge is 0.453 e. The van der Waals surface area contributed by atoms with Crippen molar-refractivity contribution < 1.29 is 9.53 Å². The molecule has 0 radical (unpaired) electrons. The van der Waals surface area contributed by atoms with Gasteiger partial charge in [-0.2, -0.15) is 0 Å². The molecule has 0 aromatic heterocycles. The highest BCUT2D eigenvalue weighted by molar-refractivity contribution is 5.68. The summed E-state index contributed by atoms with van der Waals surface area (Å²) in [7, 11) is 1.41. The zero-order chi connectivity index (χ0) is 11.4. The number of methoxy groups -OCH3 is 1. The highest BCUT2D eigenvalue weighted by Crippen LogP contribution is 2.38. The fourth-order valence-electron chi connectivity index (χ4n) is 2.47. The number of hydrogen-bond donors (Lipinski definition) is 1. The van der Waals surface area contributed by atoms with Crippen LogP contribution < -0.4 is 5.32 Å². The maximum absolute atomic E-state index is 11.4. The average Bonchev–Trinajstić information content (AvgIpc) is 2.80. The number of ether oxygens (including phenoxy) is 1. The van der Waals surface area contributed by atoms with Gasteiger partial charge in [0.25, 0.3) is 0 Å². The molecular weight excluding hydrogens is 202 g/mol. The van der Waals surface area contributed by atoms with Crippen molar-refractivity contribution in [3.05, 3.63) is 35.9 Å². The zero-order valence-corrected chi connectivity index (χ0v) is 9.53. The van der Waals surface area contributed by atoms with Gasteiger partial charge >= 0.3 is 6.09 Å². The van der Waals surface area contributed by atoms with Gasteiger partial charge < -0.3 is 10.1 Å². The van der Waals surface area contributed by atoms with Gasteiger partial charge in [-0.25, -0.2) is 4.79 Å².